The molecular formula is C22H26N4O2. The molecule has 0 unspecified atom stereocenters. The lowest BCUT2D eigenvalue weighted by Gasteiger charge is -2.35. The van der Waals surface area contributed by atoms with Crippen LogP contribution in [0.2, 0.25) is 0 Å². The van der Waals surface area contributed by atoms with E-state index in [1.165, 1.54) is 0 Å². The lowest BCUT2D eigenvalue weighted by Crippen LogP contribution is -2.49. The van der Waals surface area contributed by atoms with Crippen molar-refractivity contribution in [1.29, 1.82) is 5.26 Å². The van der Waals surface area contributed by atoms with Crippen LogP contribution in [0.25, 0.3) is 0 Å². The fourth-order valence-corrected chi connectivity index (χ4v) is 3.23. The summed E-state index contributed by atoms with van der Waals surface area (Å²) in [6.45, 7) is 5.50. The van der Waals surface area contributed by atoms with Crippen LogP contribution in [-0.2, 0) is 11.2 Å². The zero-order valence-corrected chi connectivity index (χ0v) is 16.3. The molecule has 0 N–H and O–H groups in total. The number of unbranched alkanes of at least 4 members (excludes halogenated alkanes) is 1. The largest absolute Gasteiger partial charge is 0.494 e. The average Bonchev–Trinajstić information content (AvgIpc) is 2.75. The summed E-state index contributed by atoms with van der Waals surface area (Å²) < 4.78 is 5.67. The Morgan fingerprint density at radius 3 is 2.61 bits per heavy atom. The molecule has 1 saturated heterocycles. The molecule has 1 aliphatic heterocycles. The van der Waals surface area contributed by atoms with Gasteiger partial charge in [-0.15, -0.1) is 0 Å². The first kappa shape index (κ1) is 19.7. The van der Waals surface area contributed by atoms with Gasteiger partial charge in [-0.1, -0.05) is 25.5 Å². The number of piperazine rings is 1. The van der Waals surface area contributed by atoms with Gasteiger partial charge < -0.3 is 14.5 Å². The van der Waals surface area contributed by atoms with Crippen LogP contribution in [0.4, 0.5) is 5.82 Å². The van der Waals surface area contributed by atoms with E-state index in [1.54, 1.807) is 18.3 Å². The minimum atomic E-state index is 0.126. The standard InChI is InChI=1S/C22H26N4O2/c1-2-3-15-28-20-8-6-18(7-9-20)16-21(27)25-11-13-26(14-12-25)22-19(17-23)5-4-10-24-22/h4-10H,2-3,11-16H2,1H3. The number of amides is 1. The molecule has 0 saturated carbocycles. The van der Waals surface area contributed by atoms with E-state index in [-0.39, 0.29) is 5.91 Å². The molecule has 1 amide bonds. The molecule has 1 aliphatic rings. The molecule has 0 bridgehead atoms. The first-order valence-electron chi connectivity index (χ1n) is 9.81. The molecular weight excluding hydrogens is 352 g/mol. The van der Waals surface area contributed by atoms with E-state index in [0.29, 0.717) is 44.0 Å². The van der Waals surface area contributed by atoms with Crippen molar-refractivity contribution in [2.45, 2.75) is 26.2 Å². The molecule has 0 atom stereocenters. The van der Waals surface area contributed by atoms with E-state index in [9.17, 15) is 10.1 Å². The number of carbonyl (C=O) groups is 1. The normalized spacial score (nSPS) is 13.9. The summed E-state index contributed by atoms with van der Waals surface area (Å²) in [5.74, 6) is 1.68. The molecule has 1 aromatic heterocycles. The number of hydrogen-bond donors (Lipinski definition) is 0. The third kappa shape index (κ3) is 5.01. The van der Waals surface area contributed by atoms with E-state index in [2.05, 4.69) is 22.9 Å². The van der Waals surface area contributed by atoms with Gasteiger partial charge in [0.15, 0.2) is 0 Å². The highest BCUT2D eigenvalue weighted by Crippen LogP contribution is 2.19. The summed E-state index contributed by atoms with van der Waals surface area (Å²) in [4.78, 5) is 20.9. The number of nitrogens with zero attached hydrogens (tertiary/aromatic N) is 4. The maximum atomic E-state index is 12.6. The number of nitriles is 1. The minimum absolute atomic E-state index is 0.126. The van der Waals surface area contributed by atoms with Crippen molar-refractivity contribution in [3.63, 3.8) is 0 Å². The van der Waals surface area contributed by atoms with Gasteiger partial charge in [-0.25, -0.2) is 4.98 Å². The Bertz CT molecular complexity index is 821. The summed E-state index contributed by atoms with van der Waals surface area (Å²) in [7, 11) is 0. The van der Waals surface area contributed by atoms with Crippen LogP contribution in [0.5, 0.6) is 5.75 Å². The second-order valence-corrected chi connectivity index (χ2v) is 6.88. The highest BCUT2D eigenvalue weighted by Gasteiger charge is 2.23. The molecule has 1 fully saturated rings. The van der Waals surface area contributed by atoms with Crippen LogP contribution < -0.4 is 9.64 Å². The highest BCUT2D eigenvalue weighted by molar-refractivity contribution is 5.79. The molecule has 6 nitrogen and oxygen atoms in total. The Balaban J connectivity index is 1.51. The van der Waals surface area contributed by atoms with Crippen molar-refractivity contribution in [3.05, 3.63) is 53.7 Å². The van der Waals surface area contributed by atoms with Crippen molar-refractivity contribution in [2.24, 2.45) is 0 Å². The lowest BCUT2D eigenvalue weighted by molar-refractivity contribution is -0.130. The average molecular weight is 378 g/mol. The summed E-state index contributed by atoms with van der Waals surface area (Å²) in [5, 5.41) is 9.24. The first-order chi connectivity index (χ1) is 13.7. The molecule has 146 valence electrons. The SMILES string of the molecule is CCCCOc1ccc(CC(=O)N2CCN(c3ncccc3C#N)CC2)cc1. The van der Waals surface area contributed by atoms with E-state index in [1.807, 2.05) is 29.2 Å². The number of benzene rings is 1. The molecule has 2 heterocycles. The van der Waals surface area contributed by atoms with Crippen LogP contribution >= 0.6 is 0 Å². The maximum Gasteiger partial charge on any atom is 0.227 e. The minimum Gasteiger partial charge on any atom is -0.494 e. The summed E-state index contributed by atoms with van der Waals surface area (Å²) in [6, 6.07) is 13.5. The number of anilines is 1. The zero-order chi connectivity index (χ0) is 19.8. The van der Waals surface area contributed by atoms with Crippen molar-refractivity contribution in [2.75, 3.05) is 37.7 Å². The molecule has 0 spiro atoms. The van der Waals surface area contributed by atoms with Gasteiger partial charge in [-0.3, -0.25) is 4.79 Å². The smallest absolute Gasteiger partial charge is 0.227 e. The van der Waals surface area contributed by atoms with Crippen LogP contribution in [0.15, 0.2) is 42.6 Å². The van der Waals surface area contributed by atoms with Gasteiger partial charge in [0.1, 0.15) is 17.6 Å². The molecule has 2 aromatic rings. The van der Waals surface area contributed by atoms with Crippen molar-refractivity contribution < 1.29 is 9.53 Å². The van der Waals surface area contributed by atoms with Crippen molar-refractivity contribution in [1.82, 2.24) is 9.88 Å². The van der Waals surface area contributed by atoms with Gasteiger partial charge in [0.05, 0.1) is 18.6 Å². The fraction of sp³-hybridized carbons (Fsp3) is 0.409. The van der Waals surface area contributed by atoms with Crippen LogP contribution in [0.1, 0.15) is 30.9 Å². The number of hydrogen-bond acceptors (Lipinski definition) is 5. The number of pyridine rings is 1. The Labute approximate surface area is 166 Å². The van der Waals surface area contributed by atoms with Gasteiger partial charge in [0.2, 0.25) is 5.91 Å². The third-order valence-electron chi connectivity index (χ3n) is 4.88. The molecule has 1 aromatic carbocycles. The monoisotopic (exact) mass is 378 g/mol. The second kappa shape index (κ2) is 9.75. The zero-order valence-electron chi connectivity index (χ0n) is 16.3. The van der Waals surface area contributed by atoms with Crippen molar-refractivity contribution in [3.8, 4) is 11.8 Å². The van der Waals surface area contributed by atoms with Gasteiger partial charge in [0.25, 0.3) is 0 Å². The Morgan fingerprint density at radius 1 is 1.18 bits per heavy atom. The highest BCUT2D eigenvalue weighted by atomic mass is 16.5. The summed E-state index contributed by atoms with van der Waals surface area (Å²) in [6.07, 6.45) is 4.24. The van der Waals surface area contributed by atoms with Crippen LogP contribution in [-0.4, -0.2) is 48.6 Å². The van der Waals surface area contributed by atoms with E-state index in [4.69, 9.17) is 4.74 Å². The molecule has 6 heteroatoms. The number of carbonyl (C=O) groups excluding carboxylic acids is 1. The van der Waals surface area contributed by atoms with Crippen molar-refractivity contribution >= 4 is 11.7 Å². The van der Waals surface area contributed by atoms with E-state index >= 15 is 0 Å². The predicted octanol–water partition coefficient (Wildman–Crippen LogP) is 3.02. The quantitative estimate of drug-likeness (QED) is 0.693. The molecule has 0 radical (unpaired) electrons. The van der Waals surface area contributed by atoms with Gasteiger partial charge >= 0.3 is 0 Å². The maximum absolute atomic E-state index is 12.6. The topological polar surface area (TPSA) is 69.5 Å². The van der Waals surface area contributed by atoms with E-state index in [0.717, 1.165) is 30.8 Å². The summed E-state index contributed by atoms with van der Waals surface area (Å²) >= 11 is 0. The van der Waals surface area contributed by atoms with Gasteiger partial charge in [0, 0.05) is 32.4 Å². The van der Waals surface area contributed by atoms with E-state index < -0.39 is 0 Å². The Kier molecular flexibility index (Phi) is 6.85. The summed E-state index contributed by atoms with van der Waals surface area (Å²) in [5.41, 5.74) is 1.57. The van der Waals surface area contributed by atoms with Crippen LogP contribution in [0.3, 0.4) is 0 Å². The number of ether oxygens (including phenoxy) is 1. The number of aromatic nitrogens is 1. The third-order valence-corrected chi connectivity index (χ3v) is 4.88. The Hall–Kier alpha value is -3.07. The van der Waals surface area contributed by atoms with Crippen LogP contribution in [0, 0.1) is 11.3 Å². The fourth-order valence-electron chi connectivity index (χ4n) is 3.23. The Morgan fingerprint density at radius 2 is 1.93 bits per heavy atom. The first-order valence-corrected chi connectivity index (χ1v) is 9.81. The van der Waals surface area contributed by atoms with Gasteiger partial charge in [-0.05, 0) is 36.2 Å². The lowest BCUT2D eigenvalue weighted by atomic mass is 10.1. The molecule has 3 rings (SSSR count). The second-order valence-electron chi connectivity index (χ2n) is 6.88. The molecule has 0 aliphatic carbocycles. The predicted molar refractivity (Wildman–Crippen MR) is 108 cm³/mol. The van der Waals surface area contributed by atoms with Gasteiger partial charge in [-0.2, -0.15) is 5.26 Å². The molecule has 28 heavy (non-hydrogen) atoms. The number of rotatable bonds is 7.